The molecule has 5 nitrogen and oxygen atoms in total. The number of amides is 2. The third-order valence-electron chi connectivity index (χ3n) is 4.38. The summed E-state index contributed by atoms with van der Waals surface area (Å²) in [4.78, 5) is 14.6. The second kappa shape index (κ2) is 5.82. The van der Waals surface area contributed by atoms with Gasteiger partial charge in [0, 0.05) is 10.5 Å². The van der Waals surface area contributed by atoms with Crippen LogP contribution in [0.3, 0.4) is 0 Å². The highest BCUT2D eigenvalue weighted by molar-refractivity contribution is 8.00. The van der Waals surface area contributed by atoms with Gasteiger partial charge in [-0.25, -0.2) is 4.79 Å². The van der Waals surface area contributed by atoms with Gasteiger partial charge in [0.1, 0.15) is 11.2 Å². The summed E-state index contributed by atoms with van der Waals surface area (Å²) in [5.41, 5.74) is -3.09. The van der Waals surface area contributed by atoms with E-state index in [4.69, 9.17) is 4.74 Å². The van der Waals surface area contributed by atoms with Gasteiger partial charge in [-0.3, -0.25) is 10.2 Å². The Labute approximate surface area is 151 Å². The monoisotopic (exact) mass is 381 g/mol. The first kappa shape index (κ1) is 17.0. The smallest absolute Gasteiger partial charge is 0.429 e. The van der Waals surface area contributed by atoms with Crippen molar-refractivity contribution in [2.45, 2.75) is 22.2 Å². The molecule has 1 fully saturated rings. The first-order chi connectivity index (χ1) is 12.4. The van der Waals surface area contributed by atoms with Gasteiger partial charge < -0.3 is 10.1 Å². The quantitative estimate of drug-likeness (QED) is 0.834. The van der Waals surface area contributed by atoms with Crippen molar-refractivity contribution in [3.8, 4) is 5.75 Å². The molecule has 2 atom stereocenters. The molecule has 2 aromatic carbocycles. The van der Waals surface area contributed by atoms with Crippen LogP contribution in [0.1, 0.15) is 5.56 Å². The van der Waals surface area contributed by atoms with Gasteiger partial charge in [-0.15, -0.1) is 0 Å². The number of fused-ring (bicyclic) bond motifs is 3. The summed E-state index contributed by atoms with van der Waals surface area (Å²) in [6.45, 7) is 0. The molecule has 4 rings (SSSR count). The average Bonchev–Trinajstić information content (AvgIpc) is 2.98. The predicted molar refractivity (Wildman–Crippen MR) is 91.0 cm³/mol. The Balaban J connectivity index is 1.77. The lowest BCUT2D eigenvalue weighted by atomic mass is 9.97. The number of thioether (sulfide) groups is 1. The first-order valence-corrected chi connectivity index (χ1v) is 8.60. The predicted octanol–water partition coefficient (Wildman–Crippen LogP) is 3.62. The maximum absolute atomic E-state index is 14.0. The molecule has 0 spiro atoms. The van der Waals surface area contributed by atoms with E-state index >= 15 is 0 Å². The average molecular weight is 381 g/mol. The van der Waals surface area contributed by atoms with Crippen LogP contribution in [0.2, 0.25) is 0 Å². The molecule has 0 bridgehead atoms. The number of carbonyl (C=O) groups excluding carboxylic acids is 1. The first-order valence-electron chi connectivity index (χ1n) is 7.72. The highest BCUT2D eigenvalue weighted by atomic mass is 32.2. The summed E-state index contributed by atoms with van der Waals surface area (Å²) < 4.78 is 47.3. The van der Waals surface area contributed by atoms with Gasteiger partial charge in [-0.1, -0.05) is 42.1 Å². The highest BCUT2D eigenvalue weighted by Gasteiger charge is 2.62. The van der Waals surface area contributed by atoms with Crippen molar-refractivity contribution in [1.29, 1.82) is 0 Å². The van der Waals surface area contributed by atoms with Crippen LogP contribution in [-0.2, 0) is 5.66 Å². The number of hydrogen-bond acceptors (Lipinski definition) is 4. The van der Waals surface area contributed by atoms with Crippen molar-refractivity contribution in [1.82, 2.24) is 10.6 Å². The molecule has 2 aromatic rings. The molecule has 0 radical (unpaired) electrons. The Morgan fingerprint density at radius 1 is 1.19 bits per heavy atom. The summed E-state index contributed by atoms with van der Waals surface area (Å²) in [6, 6.07) is 11.5. The molecule has 2 aliphatic heterocycles. The summed E-state index contributed by atoms with van der Waals surface area (Å²) in [6.07, 6.45) is -4.73. The molecule has 136 valence electrons. The number of nitrogens with zero attached hydrogens (tertiary/aromatic N) is 1. The highest BCUT2D eigenvalue weighted by Crippen LogP contribution is 2.49. The molecule has 2 amide bonds. The summed E-state index contributed by atoms with van der Waals surface area (Å²) >= 11 is 1.14. The largest absolute Gasteiger partial charge is 0.497 e. The lowest BCUT2D eigenvalue weighted by Gasteiger charge is -2.46. The number of carbonyl (C=O) groups is 1. The summed E-state index contributed by atoms with van der Waals surface area (Å²) in [7, 11) is 1.50. The molecule has 2 unspecified atom stereocenters. The van der Waals surface area contributed by atoms with Crippen LogP contribution in [0.5, 0.6) is 5.75 Å². The Hall–Kier alpha value is -2.39. The van der Waals surface area contributed by atoms with Crippen LogP contribution in [-0.4, -0.2) is 24.8 Å². The van der Waals surface area contributed by atoms with E-state index in [0.29, 0.717) is 16.3 Å². The minimum absolute atomic E-state index is 0.0744. The van der Waals surface area contributed by atoms with Crippen molar-refractivity contribution >= 4 is 23.5 Å². The maximum Gasteiger partial charge on any atom is 0.429 e. The third kappa shape index (κ3) is 2.42. The number of urea groups is 1. The number of anilines is 1. The summed E-state index contributed by atoms with van der Waals surface area (Å²) in [5.74, 6) is 0.571. The number of hydrogen-bond donors (Lipinski definition) is 2. The Bertz CT molecular complexity index is 862. The van der Waals surface area contributed by atoms with Gasteiger partial charge in [0.15, 0.2) is 0 Å². The third-order valence-corrected chi connectivity index (χ3v) is 5.52. The molecule has 0 saturated carbocycles. The van der Waals surface area contributed by atoms with Gasteiger partial charge >= 0.3 is 12.2 Å². The standard InChI is InChI=1S/C17H14F3N3O2S/c1-25-11-7-8-12-13(9-11)26-15-22-16(17(18,19)20,21-14(24)23(12)15)10-5-3-2-4-6-10/h2-9,15,22H,1H3,(H,21,24). The number of alkyl halides is 3. The zero-order valence-corrected chi connectivity index (χ0v) is 14.3. The van der Waals surface area contributed by atoms with Gasteiger partial charge in [0.2, 0.25) is 5.66 Å². The fraction of sp³-hybridized carbons (Fsp3) is 0.235. The van der Waals surface area contributed by atoms with Gasteiger partial charge in [0.25, 0.3) is 0 Å². The van der Waals surface area contributed by atoms with Crippen molar-refractivity contribution < 1.29 is 22.7 Å². The number of ether oxygens (including phenoxy) is 1. The second-order valence-corrected chi connectivity index (χ2v) is 6.98. The number of methoxy groups -OCH3 is 1. The van der Waals surface area contributed by atoms with Crippen molar-refractivity contribution in [2.24, 2.45) is 0 Å². The van der Waals surface area contributed by atoms with Gasteiger partial charge in [-0.05, 0) is 18.2 Å². The van der Waals surface area contributed by atoms with E-state index in [-0.39, 0.29) is 5.56 Å². The number of halogens is 3. The molecule has 2 aliphatic rings. The molecule has 0 aliphatic carbocycles. The zero-order chi connectivity index (χ0) is 18.5. The molecule has 2 N–H and O–H groups in total. The number of rotatable bonds is 2. The molecule has 0 aromatic heterocycles. The van der Waals surface area contributed by atoms with Crippen LogP contribution in [0.4, 0.5) is 23.7 Å². The van der Waals surface area contributed by atoms with Crippen molar-refractivity contribution in [3.05, 3.63) is 54.1 Å². The van der Waals surface area contributed by atoms with Crippen molar-refractivity contribution in [2.75, 3.05) is 12.0 Å². The van der Waals surface area contributed by atoms with E-state index in [1.165, 1.54) is 36.3 Å². The van der Waals surface area contributed by atoms with Crippen LogP contribution in [0.15, 0.2) is 53.4 Å². The molecule has 2 heterocycles. The SMILES string of the molecule is COc1ccc2c(c1)SC1NC(c3ccccc3)(C(F)(F)F)NC(=O)N21. The molecular formula is C17H14F3N3O2S. The lowest BCUT2D eigenvalue weighted by molar-refractivity contribution is -0.210. The van der Waals surface area contributed by atoms with Crippen LogP contribution < -0.4 is 20.3 Å². The van der Waals surface area contributed by atoms with Crippen LogP contribution in [0.25, 0.3) is 0 Å². The zero-order valence-electron chi connectivity index (χ0n) is 13.5. The normalized spacial score (nSPS) is 24.7. The minimum atomic E-state index is -4.73. The summed E-state index contributed by atoms with van der Waals surface area (Å²) in [5, 5.41) is 4.72. The number of benzene rings is 2. The Kier molecular flexibility index (Phi) is 3.81. The second-order valence-electron chi connectivity index (χ2n) is 5.86. The minimum Gasteiger partial charge on any atom is -0.497 e. The van der Waals surface area contributed by atoms with E-state index in [1.54, 1.807) is 24.3 Å². The maximum atomic E-state index is 14.0. The van der Waals surface area contributed by atoms with E-state index in [9.17, 15) is 18.0 Å². The number of nitrogens with one attached hydrogen (secondary N) is 2. The van der Waals surface area contributed by atoms with E-state index in [0.717, 1.165) is 11.8 Å². The Morgan fingerprint density at radius 3 is 2.58 bits per heavy atom. The van der Waals surface area contributed by atoms with Crippen LogP contribution >= 0.6 is 11.8 Å². The van der Waals surface area contributed by atoms with E-state index in [2.05, 4.69) is 10.6 Å². The lowest BCUT2D eigenvalue weighted by Crippen LogP contribution is -2.75. The fourth-order valence-corrected chi connectivity index (χ4v) is 4.39. The van der Waals surface area contributed by atoms with Gasteiger partial charge in [-0.2, -0.15) is 13.2 Å². The molecule has 9 heteroatoms. The van der Waals surface area contributed by atoms with E-state index in [1.807, 2.05) is 0 Å². The van der Waals surface area contributed by atoms with Gasteiger partial charge in [0.05, 0.1) is 12.8 Å². The Morgan fingerprint density at radius 2 is 1.92 bits per heavy atom. The topological polar surface area (TPSA) is 53.6 Å². The molecule has 1 saturated heterocycles. The molecular weight excluding hydrogens is 367 g/mol. The van der Waals surface area contributed by atoms with Crippen LogP contribution in [0, 0.1) is 0 Å². The van der Waals surface area contributed by atoms with E-state index < -0.39 is 23.4 Å². The van der Waals surface area contributed by atoms with Crippen molar-refractivity contribution in [3.63, 3.8) is 0 Å². The molecule has 26 heavy (non-hydrogen) atoms. The fourth-order valence-electron chi connectivity index (χ4n) is 3.13.